The van der Waals surface area contributed by atoms with E-state index in [1.807, 2.05) is 11.8 Å². The molecular weight excluding hydrogens is 328 g/mol. The maximum Gasteiger partial charge on any atom is 0.248 e. The van der Waals surface area contributed by atoms with Crippen LogP contribution in [0.2, 0.25) is 0 Å². The molecule has 0 aromatic heterocycles. The zero-order valence-corrected chi connectivity index (χ0v) is 17.0. The molecule has 146 valence electrons. The quantitative estimate of drug-likeness (QED) is 0.747. The molecule has 1 aliphatic heterocycles. The summed E-state index contributed by atoms with van der Waals surface area (Å²) in [6.07, 6.45) is 1.00. The monoisotopic (exact) mass is 362 g/mol. The highest BCUT2D eigenvalue weighted by Gasteiger charge is 2.20. The van der Waals surface area contributed by atoms with Crippen LogP contribution in [0, 0.1) is 6.92 Å². The molecule has 1 heterocycles. The molecule has 0 saturated carbocycles. The molecule has 0 aliphatic carbocycles. The van der Waals surface area contributed by atoms with E-state index in [-0.39, 0.29) is 12.5 Å². The minimum absolute atomic E-state index is 0.0914. The summed E-state index contributed by atoms with van der Waals surface area (Å²) in [5.41, 5.74) is 3.91. The van der Waals surface area contributed by atoms with Gasteiger partial charge in [0.05, 0.1) is 6.61 Å². The second kappa shape index (κ2) is 9.93. The number of aryl methyl sites for hydroxylation is 1. The SMILES string of the molecule is CCOc1cc(C)c(CN2CCCN(C(=O)COC)CC2)cc1C(C)C. The molecule has 0 bridgehead atoms. The Labute approximate surface area is 158 Å². The maximum atomic E-state index is 12.1. The molecule has 1 amide bonds. The van der Waals surface area contributed by atoms with Crippen LogP contribution >= 0.6 is 0 Å². The number of carbonyl (C=O) groups is 1. The van der Waals surface area contributed by atoms with Gasteiger partial charge < -0.3 is 14.4 Å². The Morgan fingerprint density at radius 3 is 2.62 bits per heavy atom. The second-order valence-electron chi connectivity index (χ2n) is 7.35. The Morgan fingerprint density at radius 2 is 1.96 bits per heavy atom. The van der Waals surface area contributed by atoms with Crippen molar-refractivity contribution in [1.82, 2.24) is 9.80 Å². The average molecular weight is 363 g/mol. The minimum atomic E-state index is 0.0914. The van der Waals surface area contributed by atoms with Gasteiger partial charge in [0.1, 0.15) is 12.4 Å². The molecule has 1 aliphatic rings. The third kappa shape index (κ3) is 5.45. The maximum absolute atomic E-state index is 12.1. The van der Waals surface area contributed by atoms with E-state index >= 15 is 0 Å². The van der Waals surface area contributed by atoms with Crippen LogP contribution < -0.4 is 4.74 Å². The van der Waals surface area contributed by atoms with Gasteiger partial charge in [-0.2, -0.15) is 0 Å². The standard InChI is InChI=1S/C21H34N2O3/c1-6-26-20-12-17(4)18(13-19(20)16(2)3)14-22-8-7-9-23(11-10-22)21(24)15-25-5/h12-13,16H,6-11,14-15H2,1-5H3. The summed E-state index contributed by atoms with van der Waals surface area (Å²) in [6.45, 7) is 13.9. The van der Waals surface area contributed by atoms with Crippen molar-refractivity contribution in [2.75, 3.05) is 46.5 Å². The van der Waals surface area contributed by atoms with Gasteiger partial charge in [0.25, 0.3) is 0 Å². The fourth-order valence-electron chi connectivity index (χ4n) is 3.48. The first kappa shape index (κ1) is 20.7. The van der Waals surface area contributed by atoms with E-state index in [0.717, 1.165) is 44.9 Å². The zero-order chi connectivity index (χ0) is 19.1. The van der Waals surface area contributed by atoms with Crippen LogP contribution in [0.15, 0.2) is 12.1 Å². The summed E-state index contributed by atoms with van der Waals surface area (Å²) >= 11 is 0. The predicted octanol–water partition coefficient (Wildman–Crippen LogP) is 3.20. The van der Waals surface area contributed by atoms with Crippen LogP contribution in [0.25, 0.3) is 0 Å². The minimum Gasteiger partial charge on any atom is -0.494 e. The number of hydrogen-bond donors (Lipinski definition) is 0. The summed E-state index contributed by atoms with van der Waals surface area (Å²) in [5, 5.41) is 0. The Hall–Kier alpha value is -1.59. The lowest BCUT2D eigenvalue weighted by Gasteiger charge is -2.24. The first-order valence-corrected chi connectivity index (χ1v) is 9.71. The Bertz CT molecular complexity index is 601. The van der Waals surface area contributed by atoms with Crippen molar-refractivity contribution in [2.45, 2.75) is 46.6 Å². The van der Waals surface area contributed by atoms with Crippen molar-refractivity contribution >= 4 is 5.91 Å². The lowest BCUT2D eigenvalue weighted by atomic mass is 9.96. The Morgan fingerprint density at radius 1 is 1.19 bits per heavy atom. The lowest BCUT2D eigenvalue weighted by molar-refractivity contribution is -0.135. The number of nitrogens with zero attached hydrogens (tertiary/aromatic N) is 2. The highest BCUT2D eigenvalue weighted by molar-refractivity contribution is 5.77. The second-order valence-corrected chi connectivity index (χ2v) is 7.35. The Kier molecular flexibility index (Phi) is 7.91. The van der Waals surface area contributed by atoms with Gasteiger partial charge in [0.2, 0.25) is 5.91 Å². The zero-order valence-electron chi connectivity index (χ0n) is 17.0. The smallest absolute Gasteiger partial charge is 0.248 e. The number of rotatable bonds is 7. The molecule has 5 heteroatoms. The summed E-state index contributed by atoms with van der Waals surface area (Å²) in [6, 6.07) is 4.49. The normalized spacial score (nSPS) is 16.0. The topological polar surface area (TPSA) is 42.0 Å². The first-order chi connectivity index (χ1) is 12.5. The van der Waals surface area contributed by atoms with Gasteiger partial charge in [-0.05, 0) is 48.9 Å². The number of amides is 1. The van der Waals surface area contributed by atoms with Crippen molar-refractivity contribution in [2.24, 2.45) is 0 Å². The van der Waals surface area contributed by atoms with Crippen molar-refractivity contribution in [3.05, 3.63) is 28.8 Å². The molecule has 1 fully saturated rings. The van der Waals surface area contributed by atoms with Crippen molar-refractivity contribution in [1.29, 1.82) is 0 Å². The summed E-state index contributed by atoms with van der Waals surface area (Å²) in [5.74, 6) is 1.53. The van der Waals surface area contributed by atoms with E-state index in [1.54, 1.807) is 7.11 Å². The molecule has 1 aromatic carbocycles. The number of carbonyl (C=O) groups excluding carboxylic acids is 1. The van der Waals surface area contributed by atoms with E-state index in [4.69, 9.17) is 9.47 Å². The highest BCUT2D eigenvalue weighted by atomic mass is 16.5. The van der Waals surface area contributed by atoms with E-state index in [2.05, 4.69) is 37.8 Å². The van der Waals surface area contributed by atoms with Crippen LogP contribution in [0.1, 0.15) is 49.8 Å². The van der Waals surface area contributed by atoms with Gasteiger partial charge >= 0.3 is 0 Å². The van der Waals surface area contributed by atoms with Gasteiger partial charge in [-0.25, -0.2) is 0 Å². The fraction of sp³-hybridized carbons (Fsp3) is 0.667. The van der Waals surface area contributed by atoms with Gasteiger partial charge in [0, 0.05) is 39.8 Å². The van der Waals surface area contributed by atoms with Gasteiger partial charge in [-0.1, -0.05) is 19.9 Å². The van der Waals surface area contributed by atoms with E-state index in [9.17, 15) is 4.79 Å². The Balaban J connectivity index is 2.08. The summed E-state index contributed by atoms with van der Waals surface area (Å²) < 4.78 is 10.8. The van der Waals surface area contributed by atoms with E-state index in [0.29, 0.717) is 12.5 Å². The van der Waals surface area contributed by atoms with Crippen LogP contribution in [-0.4, -0.2) is 62.2 Å². The lowest BCUT2D eigenvalue weighted by Crippen LogP contribution is -2.37. The van der Waals surface area contributed by atoms with Gasteiger partial charge in [-0.3, -0.25) is 9.69 Å². The predicted molar refractivity (Wildman–Crippen MR) is 105 cm³/mol. The van der Waals surface area contributed by atoms with Crippen LogP contribution in [0.5, 0.6) is 5.75 Å². The number of hydrogen-bond acceptors (Lipinski definition) is 4. The number of methoxy groups -OCH3 is 1. The number of ether oxygens (including phenoxy) is 2. The molecule has 26 heavy (non-hydrogen) atoms. The summed E-state index contributed by atoms with van der Waals surface area (Å²) in [7, 11) is 1.57. The van der Waals surface area contributed by atoms with Crippen LogP contribution in [0.4, 0.5) is 0 Å². The number of benzene rings is 1. The van der Waals surface area contributed by atoms with Crippen LogP contribution in [0.3, 0.4) is 0 Å². The average Bonchev–Trinajstić information content (AvgIpc) is 2.83. The van der Waals surface area contributed by atoms with Crippen LogP contribution in [-0.2, 0) is 16.1 Å². The van der Waals surface area contributed by atoms with Crippen molar-refractivity contribution in [3.8, 4) is 5.75 Å². The highest BCUT2D eigenvalue weighted by Crippen LogP contribution is 2.30. The third-order valence-corrected chi connectivity index (χ3v) is 4.99. The molecule has 0 unspecified atom stereocenters. The van der Waals surface area contributed by atoms with E-state index in [1.165, 1.54) is 16.7 Å². The molecule has 0 atom stereocenters. The first-order valence-electron chi connectivity index (χ1n) is 9.71. The molecule has 5 nitrogen and oxygen atoms in total. The molecule has 0 radical (unpaired) electrons. The van der Waals surface area contributed by atoms with Gasteiger partial charge in [-0.15, -0.1) is 0 Å². The molecular formula is C21H34N2O3. The summed E-state index contributed by atoms with van der Waals surface area (Å²) in [4.78, 5) is 16.4. The van der Waals surface area contributed by atoms with Crippen molar-refractivity contribution in [3.63, 3.8) is 0 Å². The third-order valence-electron chi connectivity index (χ3n) is 4.99. The van der Waals surface area contributed by atoms with Crippen molar-refractivity contribution < 1.29 is 14.3 Å². The molecule has 1 aromatic rings. The largest absolute Gasteiger partial charge is 0.494 e. The molecule has 0 N–H and O–H groups in total. The molecule has 0 spiro atoms. The van der Waals surface area contributed by atoms with E-state index < -0.39 is 0 Å². The fourth-order valence-corrected chi connectivity index (χ4v) is 3.48. The van der Waals surface area contributed by atoms with Gasteiger partial charge in [0.15, 0.2) is 0 Å². The molecule has 2 rings (SSSR count). The molecule has 1 saturated heterocycles.